The molecule has 3 heteroatoms. The quantitative estimate of drug-likeness (QED) is 0.772. The summed E-state index contributed by atoms with van der Waals surface area (Å²) in [6.07, 6.45) is 4.72. The molecule has 1 saturated carbocycles. The van der Waals surface area contributed by atoms with E-state index in [2.05, 4.69) is 41.8 Å². The number of hydrogen-bond acceptors (Lipinski definition) is 2. The number of amides is 1. The molecule has 0 heterocycles. The number of benzene rings is 1. The van der Waals surface area contributed by atoms with Crippen molar-refractivity contribution in [3.05, 3.63) is 35.4 Å². The van der Waals surface area contributed by atoms with Crippen LogP contribution in [0.5, 0.6) is 0 Å². The van der Waals surface area contributed by atoms with Crippen LogP contribution < -0.4 is 10.6 Å². The Hall–Kier alpha value is -1.35. The molecule has 0 aromatic heterocycles. The van der Waals surface area contributed by atoms with Crippen LogP contribution in [0, 0.1) is 0 Å². The molecule has 2 rings (SSSR count). The molecule has 1 fully saturated rings. The van der Waals surface area contributed by atoms with Crippen molar-refractivity contribution < 1.29 is 4.79 Å². The fourth-order valence-corrected chi connectivity index (χ4v) is 1.90. The maximum atomic E-state index is 11.5. The molecule has 0 saturated heterocycles. The minimum absolute atomic E-state index is 0.0829. The predicted octanol–water partition coefficient (Wildman–Crippen LogP) is 2.01. The molecule has 3 nitrogen and oxygen atoms in total. The van der Waals surface area contributed by atoms with Crippen LogP contribution >= 0.6 is 0 Å². The normalized spacial score (nSPS) is 14.5. The molecule has 1 aliphatic rings. The van der Waals surface area contributed by atoms with Gasteiger partial charge in [-0.3, -0.25) is 4.79 Å². The summed E-state index contributed by atoms with van der Waals surface area (Å²) in [5.41, 5.74) is 2.53. The van der Waals surface area contributed by atoms with Gasteiger partial charge in [0.25, 0.3) is 0 Å². The standard InChI is InChI=1S/C15H22N2O/c1-2-3-12-4-6-13(7-5-12)10-17-15(18)11-16-14-8-9-14/h4-7,14,16H,2-3,8-11H2,1H3,(H,17,18). The maximum Gasteiger partial charge on any atom is 0.234 e. The Morgan fingerprint density at radius 1 is 1.22 bits per heavy atom. The minimum Gasteiger partial charge on any atom is -0.351 e. The summed E-state index contributed by atoms with van der Waals surface area (Å²) in [6.45, 7) is 3.25. The molecule has 1 aromatic carbocycles. The van der Waals surface area contributed by atoms with Crippen LogP contribution in [0.3, 0.4) is 0 Å². The smallest absolute Gasteiger partial charge is 0.234 e. The zero-order valence-electron chi connectivity index (χ0n) is 11.0. The van der Waals surface area contributed by atoms with Crippen LogP contribution in [0.1, 0.15) is 37.3 Å². The molecule has 0 atom stereocenters. The molecule has 0 aliphatic heterocycles. The van der Waals surface area contributed by atoms with Gasteiger partial charge in [-0.05, 0) is 30.4 Å². The van der Waals surface area contributed by atoms with Crippen molar-refractivity contribution in [3.63, 3.8) is 0 Å². The van der Waals surface area contributed by atoms with E-state index in [4.69, 9.17) is 0 Å². The molecule has 0 bridgehead atoms. The lowest BCUT2D eigenvalue weighted by Gasteiger charge is -2.07. The summed E-state index contributed by atoms with van der Waals surface area (Å²) in [6, 6.07) is 9.07. The molecular weight excluding hydrogens is 224 g/mol. The van der Waals surface area contributed by atoms with E-state index in [0.717, 1.165) is 12.0 Å². The predicted molar refractivity (Wildman–Crippen MR) is 73.3 cm³/mol. The third-order valence-electron chi connectivity index (χ3n) is 3.18. The Kier molecular flexibility index (Phi) is 4.76. The summed E-state index contributed by atoms with van der Waals surface area (Å²) in [4.78, 5) is 11.5. The van der Waals surface area contributed by atoms with Crippen molar-refractivity contribution in [3.8, 4) is 0 Å². The molecular formula is C15H22N2O. The molecule has 18 heavy (non-hydrogen) atoms. The first-order chi connectivity index (χ1) is 8.78. The Bertz CT molecular complexity index is 382. The molecule has 0 spiro atoms. The van der Waals surface area contributed by atoms with Crippen LogP contribution in [-0.4, -0.2) is 18.5 Å². The number of carbonyl (C=O) groups excluding carboxylic acids is 1. The van der Waals surface area contributed by atoms with Gasteiger partial charge in [-0.2, -0.15) is 0 Å². The molecule has 1 aromatic rings. The Labute approximate surface area is 109 Å². The second-order valence-corrected chi connectivity index (χ2v) is 5.00. The van der Waals surface area contributed by atoms with Crippen LogP contribution in [0.25, 0.3) is 0 Å². The maximum absolute atomic E-state index is 11.5. The zero-order chi connectivity index (χ0) is 12.8. The molecule has 98 valence electrons. The van der Waals surface area contributed by atoms with Crippen molar-refractivity contribution in [2.45, 2.75) is 45.2 Å². The number of aryl methyl sites for hydroxylation is 1. The van der Waals surface area contributed by atoms with Gasteiger partial charge in [-0.1, -0.05) is 37.6 Å². The fraction of sp³-hybridized carbons (Fsp3) is 0.533. The highest BCUT2D eigenvalue weighted by Crippen LogP contribution is 2.17. The lowest BCUT2D eigenvalue weighted by molar-refractivity contribution is -0.120. The summed E-state index contributed by atoms with van der Waals surface area (Å²) in [7, 11) is 0. The van der Waals surface area contributed by atoms with Crippen LogP contribution in [0.4, 0.5) is 0 Å². The Morgan fingerprint density at radius 3 is 2.50 bits per heavy atom. The lowest BCUT2D eigenvalue weighted by atomic mass is 10.1. The summed E-state index contributed by atoms with van der Waals surface area (Å²) in [5, 5.41) is 6.14. The molecule has 0 unspecified atom stereocenters. The van der Waals surface area contributed by atoms with Crippen LogP contribution in [0.15, 0.2) is 24.3 Å². The van der Waals surface area contributed by atoms with Gasteiger partial charge in [0.15, 0.2) is 0 Å². The van der Waals surface area contributed by atoms with Gasteiger partial charge in [-0.15, -0.1) is 0 Å². The van der Waals surface area contributed by atoms with E-state index in [-0.39, 0.29) is 5.91 Å². The zero-order valence-corrected chi connectivity index (χ0v) is 11.0. The van der Waals surface area contributed by atoms with Gasteiger partial charge < -0.3 is 10.6 Å². The first-order valence-corrected chi connectivity index (χ1v) is 6.86. The highest BCUT2D eigenvalue weighted by atomic mass is 16.1. The van der Waals surface area contributed by atoms with E-state index in [1.54, 1.807) is 0 Å². The summed E-state index contributed by atoms with van der Waals surface area (Å²) in [5.74, 6) is 0.0829. The molecule has 2 N–H and O–H groups in total. The average Bonchev–Trinajstić information content (AvgIpc) is 3.20. The van der Waals surface area contributed by atoms with Gasteiger partial charge in [0.05, 0.1) is 6.54 Å². The van der Waals surface area contributed by atoms with Crippen molar-refractivity contribution in [2.75, 3.05) is 6.54 Å². The van der Waals surface area contributed by atoms with Crippen molar-refractivity contribution >= 4 is 5.91 Å². The molecule has 1 aliphatic carbocycles. The highest BCUT2D eigenvalue weighted by molar-refractivity contribution is 5.78. The Balaban J connectivity index is 1.69. The van der Waals surface area contributed by atoms with E-state index in [1.165, 1.54) is 24.8 Å². The Morgan fingerprint density at radius 2 is 1.89 bits per heavy atom. The van der Waals surface area contributed by atoms with Crippen LogP contribution in [-0.2, 0) is 17.8 Å². The fourth-order valence-electron chi connectivity index (χ4n) is 1.90. The lowest BCUT2D eigenvalue weighted by Crippen LogP contribution is -2.34. The topological polar surface area (TPSA) is 41.1 Å². The van der Waals surface area contributed by atoms with Gasteiger partial charge >= 0.3 is 0 Å². The number of nitrogens with one attached hydrogen (secondary N) is 2. The van der Waals surface area contributed by atoms with Crippen molar-refractivity contribution in [1.29, 1.82) is 0 Å². The SMILES string of the molecule is CCCc1ccc(CNC(=O)CNC2CC2)cc1. The van der Waals surface area contributed by atoms with Crippen LogP contribution in [0.2, 0.25) is 0 Å². The summed E-state index contributed by atoms with van der Waals surface area (Å²) < 4.78 is 0. The first kappa shape index (κ1) is 13.1. The van der Waals surface area contributed by atoms with E-state index >= 15 is 0 Å². The van der Waals surface area contributed by atoms with E-state index in [9.17, 15) is 4.79 Å². The van der Waals surface area contributed by atoms with E-state index < -0.39 is 0 Å². The van der Waals surface area contributed by atoms with Gasteiger partial charge in [0, 0.05) is 12.6 Å². The monoisotopic (exact) mass is 246 g/mol. The van der Waals surface area contributed by atoms with Gasteiger partial charge in [-0.25, -0.2) is 0 Å². The van der Waals surface area contributed by atoms with Gasteiger partial charge in [0.1, 0.15) is 0 Å². The van der Waals surface area contributed by atoms with E-state index in [0.29, 0.717) is 19.1 Å². The number of rotatable bonds is 7. The number of carbonyl (C=O) groups is 1. The molecule has 0 radical (unpaired) electrons. The van der Waals surface area contributed by atoms with E-state index in [1.807, 2.05) is 0 Å². The van der Waals surface area contributed by atoms with Crippen molar-refractivity contribution in [1.82, 2.24) is 10.6 Å². The second-order valence-electron chi connectivity index (χ2n) is 5.00. The third-order valence-corrected chi connectivity index (χ3v) is 3.18. The number of hydrogen-bond donors (Lipinski definition) is 2. The van der Waals surface area contributed by atoms with Gasteiger partial charge in [0.2, 0.25) is 5.91 Å². The third kappa shape index (κ3) is 4.49. The summed E-state index contributed by atoms with van der Waals surface area (Å²) >= 11 is 0. The first-order valence-electron chi connectivity index (χ1n) is 6.86. The molecule has 1 amide bonds. The average molecular weight is 246 g/mol. The second kappa shape index (κ2) is 6.55. The minimum atomic E-state index is 0.0829. The highest BCUT2D eigenvalue weighted by Gasteiger charge is 2.20. The largest absolute Gasteiger partial charge is 0.351 e. The van der Waals surface area contributed by atoms with Crippen molar-refractivity contribution in [2.24, 2.45) is 0 Å².